The molecule has 2 aliphatic carbocycles. The van der Waals surface area contributed by atoms with Gasteiger partial charge in [0.1, 0.15) is 24.1 Å². The van der Waals surface area contributed by atoms with E-state index in [0.717, 1.165) is 41.5 Å². The zero-order valence-corrected chi connectivity index (χ0v) is 24.6. The molecule has 9 nitrogen and oxygen atoms in total. The molecule has 0 radical (unpaired) electrons. The number of hydrogen-bond acceptors (Lipinski definition) is 6. The Bertz CT molecular complexity index is 1510. The van der Waals surface area contributed by atoms with E-state index in [0.29, 0.717) is 35.8 Å². The molecule has 0 spiro atoms. The van der Waals surface area contributed by atoms with Crippen LogP contribution in [0.15, 0.2) is 24.5 Å². The largest absolute Gasteiger partial charge is 0.354 e. The second-order valence-corrected chi connectivity index (χ2v) is 12.7. The van der Waals surface area contributed by atoms with Crippen molar-refractivity contribution in [2.24, 2.45) is 11.3 Å². The van der Waals surface area contributed by atoms with E-state index in [1.165, 1.54) is 32.6 Å². The predicted molar refractivity (Wildman–Crippen MR) is 156 cm³/mol. The van der Waals surface area contributed by atoms with Crippen LogP contribution in [0.3, 0.4) is 0 Å². The van der Waals surface area contributed by atoms with Crippen molar-refractivity contribution in [3.63, 3.8) is 0 Å². The van der Waals surface area contributed by atoms with Gasteiger partial charge in [-0.05, 0) is 74.1 Å². The molecular formula is C32H40N6O3. The molecule has 6 rings (SSSR count). The number of Topliss-reactive ketones (excluding diaryl/α,β-unsaturated/α-hetero) is 1. The fraction of sp³-hybridized carbons (Fsp3) is 0.562. The number of benzene rings is 1. The molecule has 41 heavy (non-hydrogen) atoms. The number of amides is 2. The summed E-state index contributed by atoms with van der Waals surface area (Å²) >= 11 is 0. The highest BCUT2D eigenvalue weighted by Gasteiger charge is 2.58. The molecule has 3 atom stereocenters. The molecule has 0 bridgehead atoms. The Labute approximate surface area is 241 Å². The van der Waals surface area contributed by atoms with E-state index < -0.39 is 6.04 Å². The van der Waals surface area contributed by atoms with Gasteiger partial charge in [0.2, 0.25) is 11.8 Å². The molecular weight excluding hydrogens is 516 g/mol. The number of aryl methyl sites for hydroxylation is 2. The van der Waals surface area contributed by atoms with E-state index in [9.17, 15) is 14.4 Å². The van der Waals surface area contributed by atoms with Crippen molar-refractivity contribution in [1.82, 2.24) is 30.0 Å². The molecule has 2 aromatic heterocycles. The van der Waals surface area contributed by atoms with Gasteiger partial charge in [-0.25, -0.2) is 9.97 Å². The van der Waals surface area contributed by atoms with Crippen LogP contribution in [0.25, 0.3) is 22.0 Å². The first-order valence-electron chi connectivity index (χ1n) is 15.0. The average molecular weight is 557 g/mol. The van der Waals surface area contributed by atoms with Crippen LogP contribution < -0.4 is 5.32 Å². The summed E-state index contributed by atoms with van der Waals surface area (Å²) in [5, 5.41) is 8.51. The molecule has 3 aliphatic rings. The number of aromatic nitrogens is 4. The van der Waals surface area contributed by atoms with Crippen LogP contribution in [0.4, 0.5) is 0 Å². The molecule has 2 amide bonds. The number of fused-ring (bicyclic) bond motifs is 2. The van der Waals surface area contributed by atoms with E-state index in [1.54, 1.807) is 17.1 Å². The van der Waals surface area contributed by atoms with Crippen LogP contribution in [0.5, 0.6) is 0 Å². The highest BCUT2D eigenvalue weighted by Crippen LogP contribution is 2.54. The maximum Gasteiger partial charge on any atom is 0.245 e. The summed E-state index contributed by atoms with van der Waals surface area (Å²) < 4.78 is 1.66. The van der Waals surface area contributed by atoms with Gasteiger partial charge in [-0.3, -0.25) is 19.1 Å². The van der Waals surface area contributed by atoms with E-state index >= 15 is 0 Å². The number of nitrogens with one attached hydrogen (secondary N) is 1. The summed E-state index contributed by atoms with van der Waals surface area (Å²) in [5.41, 5.74) is 3.71. The molecule has 3 fully saturated rings. The van der Waals surface area contributed by atoms with Crippen molar-refractivity contribution in [2.45, 2.75) is 97.7 Å². The summed E-state index contributed by atoms with van der Waals surface area (Å²) in [4.78, 5) is 50.5. The minimum absolute atomic E-state index is 0.0178. The number of likely N-dealkylation sites (tertiary alicyclic amines) is 1. The van der Waals surface area contributed by atoms with Crippen molar-refractivity contribution in [3.05, 3.63) is 41.6 Å². The molecule has 216 valence electrons. The van der Waals surface area contributed by atoms with E-state index in [4.69, 9.17) is 0 Å². The fourth-order valence-electron chi connectivity index (χ4n) is 7.44. The van der Waals surface area contributed by atoms with Gasteiger partial charge < -0.3 is 10.2 Å². The Kier molecular flexibility index (Phi) is 7.16. The van der Waals surface area contributed by atoms with Gasteiger partial charge in [0.25, 0.3) is 0 Å². The minimum Gasteiger partial charge on any atom is -0.354 e. The Morgan fingerprint density at radius 3 is 2.44 bits per heavy atom. The van der Waals surface area contributed by atoms with E-state index in [-0.39, 0.29) is 35.6 Å². The van der Waals surface area contributed by atoms with Crippen molar-refractivity contribution in [2.75, 3.05) is 6.54 Å². The highest BCUT2D eigenvalue weighted by atomic mass is 16.2. The molecule has 1 aromatic carbocycles. The first-order chi connectivity index (χ1) is 19.6. The Balaban J connectivity index is 1.26. The molecule has 3 heterocycles. The quantitative estimate of drug-likeness (QED) is 0.400. The van der Waals surface area contributed by atoms with Gasteiger partial charge >= 0.3 is 0 Å². The van der Waals surface area contributed by atoms with Crippen molar-refractivity contribution >= 4 is 28.5 Å². The first-order valence-corrected chi connectivity index (χ1v) is 15.0. The highest BCUT2D eigenvalue weighted by molar-refractivity contribution is 6.07. The third kappa shape index (κ3) is 5.04. The molecule has 3 aromatic rings. The van der Waals surface area contributed by atoms with Crippen LogP contribution in [0.2, 0.25) is 0 Å². The summed E-state index contributed by atoms with van der Waals surface area (Å²) in [6.45, 7) is 8.15. The van der Waals surface area contributed by atoms with E-state index in [1.807, 2.05) is 30.9 Å². The topological polar surface area (TPSA) is 110 Å². The molecule has 1 aliphatic heterocycles. The normalized spacial score (nSPS) is 24.0. The predicted octanol–water partition coefficient (Wildman–Crippen LogP) is 4.78. The number of rotatable bonds is 8. The lowest BCUT2D eigenvalue weighted by molar-refractivity contribution is -0.143. The second-order valence-electron chi connectivity index (χ2n) is 12.7. The van der Waals surface area contributed by atoms with Crippen LogP contribution >= 0.6 is 0 Å². The summed E-state index contributed by atoms with van der Waals surface area (Å²) in [6, 6.07) is 3.54. The van der Waals surface area contributed by atoms with Gasteiger partial charge in [-0.1, -0.05) is 32.6 Å². The second kappa shape index (κ2) is 10.7. The number of carbonyl (C=O) groups excluding carboxylic acids is 3. The maximum absolute atomic E-state index is 14.0. The van der Waals surface area contributed by atoms with Crippen LogP contribution in [0.1, 0.15) is 87.1 Å². The average Bonchev–Trinajstić information content (AvgIpc) is 3.62. The number of ketones is 1. The van der Waals surface area contributed by atoms with Crippen LogP contribution in [-0.2, 0) is 16.1 Å². The zero-order chi connectivity index (χ0) is 28.9. The van der Waals surface area contributed by atoms with Crippen LogP contribution in [-0.4, -0.2) is 60.9 Å². The van der Waals surface area contributed by atoms with Gasteiger partial charge in [-0.15, -0.1) is 0 Å². The molecule has 9 heteroatoms. The summed E-state index contributed by atoms with van der Waals surface area (Å²) in [7, 11) is 0. The lowest BCUT2D eigenvalue weighted by atomic mass is 9.66. The molecule has 2 saturated carbocycles. The summed E-state index contributed by atoms with van der Waals surface area (Å²) in [6.07, 6.45) is 12.3. The van der Waals surface area contributed by atoms with E-state index in [2.05, 4.69) is 27.3 Å². The molecule has 1 saturated heterocycles. The zero-order valence-electron chi connectivity index (χ0n) is 24.6. The van der Waals surface area contributed by atoms with Gasteiger partial charge in [0.15, 0.2) is 5.78 Å². The number of carbonyl (C=O) groups is 3. The van der Waals surface area contributed by atoms with Crippen molar-refractivity contribution < 1.29 is 14.4 Å². The van der Waals surface area contributed by atoms with Crippen LogP contribution in [0, 0.1) is 25.2 Å². The molecule has 1 N–H and O–H groups in total. The Morgan fingerprint density at radius 1 is 1.05 bits per heavy atom. The summed E-state index contributed by atoms with van der Waals surface area (Å²) in [5.74, 6) is 1.07. The fourth-order valence-corrected chi connectivity index (χ4v) is 7.44. The Morgan fingerprint density at radius 2 is 1.78 bits per heavy atom. The van der Waals surface area contributed by atoms with Gasteiger partial charge in [0.05, 0.1) is 5.52 Å². The molecule has 0 unspecified atom stereocenters. The monoisotopic (exact) mass is 556 g/mol. The Hall–Kier alpha value is -3.62. The smallest absolute Gasteiger partial charge is 0.245 e. The maximum atomic E-state index is 14.0. The number of hydrogen-bond donors (Lipinski definition) is 1. The standard InChI is InChI=1S/C32H40N6O3/c1-19-13-23(24-16-34-21(3)35-17-24)14-25-29(20(2)39)36-37(30(19)25)18-28(40)38-26(15-32(4)11-9-27(32)38)31(41)33-12-10-22-7-5-6-8-22/h13-14,16-17,22,26-27H,5-12,15,18H2,1-4H3,(H,33,41)/t26-,27+,32+/m0/s1. The first kappa shape index (κ1) is 27.5. The lowest BCUT2D eigenvalue weighted by Gasteiger charge is -2.44. The third-order valence-corrected chi connectivity index (χ3v) is 9.81. The van der Waals surface area contributed by atoms with Crippen molar-refractivity contribution in [3.8, 4) is 11.1 Å². The van der Waals surface area contributed by atoms with Crippen molar-refractivity contribution in [1.29, 1.82) is 0 Å². The van der Waals surface area contributed by atoms with Gasteiger partial charge in [-0.2, -0.15) is 5.10 Å². The number of nitrogens with zero attached hydrogens (tertiary/aromatic N) is 5. The lowest BCUT2D eigenvalue weighted by Crippen LogP contribution is -2.53. The third-order valence-electron chi connectivity index (χ3n) is 9.81. The van der Waals surface area contributed by atoms with Gasteiger partial charge in [0, 0.05) is 42.9 Å². The minimum atomic E-state index is -0.466. The SMILES string of the molecule is CC(=O)c1nn(CC(=O)N2[C@H](C(=O)NCCC3CCCC3)C[C@@]3(C)CC[C@@H]23)c2c(C)cc(-c3cnc(C)nc3)cc12.